The summed E-state index contributed by atoms with van der Waals surface area (Å²) >= 11 is 0. The summed E-state index contributed by atoms with van der Waals surface area (Å²) in [4.78, 5) is 62.2. The van der Waals surface area contributed by atoms with Crippen molar-refractivity contribution in [1.29, 1.82) is 0 Å². The van der Waals surface area contributed by atoms with E-state index in [2.05, 4.69) is 27.4 Å². The number of allylic oxidation sites excluding steroid dienone is 3. The average molecular weight is 829 g/mol. The number of nitrogens with two attached hydrogens (primary N) is 2. The van der Waals surface area contributed by atoms with E-state index in [4.69, 9.17) is 35.3 Å². The first-order valence-corrected chi connectivity index (χ1v) is 19.6. The van der Waals surface area contributed by atoms with Gasteiger partial charge in [-0.1, -0.05) is 25.2 Å². The third kappa shape index (κ3) is 7.73. The molecule has 1 saturated heterocycles. The van der Waals surface area contributed by atoms with Crippen LogP contribution in [-0.4, -0.2) is 81.6 Å². The van der Waals surface area contributed by atoms with E-state index in [1.807, 2.05) is 26.0 Å². The number of hydrogen-bond acceptors (Lipinski definition) is 11. The average Bonchev–Trinajstić information content (AvgIpc) is 4.01. The van der Waals surface area contributed by atoms with Crippen LogP contribution in [0.3, 0.4) is 0 Å². The Labute approximate surface area is 348 Å². The molecule has 0 radical (unpaired) electrons. The molecule has 1 fully saturated rings. The van der Waals surface area contributed by atoms with Gasteiger partial charge in [-0.25, -0.2) is 9.97 Å². The van der Waals surface area contributed by atoms with Crippen molar-refractivity contribution in [2.45, 2.75) is 66.4 Å². The zero-order valence-electron chi connectivity index (χ0n) is 34.0. The second-order valence-electron chi connectivity index (χ2n) is 14.7. The van der Waals surface area contributed by atoms with Gasteiger partial charge in [-0.3, -0.25) is 39.2 Å². The highest BCUT2D eigenvalue weighted by atomic mass is 16.6. The monoisotopic (exact) mass is 828 g/mol. The van der Waals surface area contributed by atoms with E-state index in [1.165, 1.54) is 0 Å². The second-order valence-corrected chi connectivity index (χ2v) is 14.7. The van der Waals surface area contributed by atoms with Crippen LogP contribution in [0.2, 0.25) is 0 Å². The Bertz CT molecular complexity index is 2940. The van der Waals surface area contributed by atoms with E-state index < -0.39 is 23.6 Å². The number of anilines is 2. The van der Waals surface area contributed by atoms with Crippen molar-refractivity contribution in [2.24, 2.45) is 11.5 Å². The van der Waals surface area contributed by atoms with Crippen LogP contribution in [0, 0.1) is 20.8 Å². The first kappa shape index (κ1) is 40.2. The molecule has 7 aromatic rings. The molecule has 19 heteroatoms. The minimum Gasteiger partial charge on any atom is -0.483 e. The molecule has 4 amide bonds. The van der Waals surface area contributed by atoms with Crippen molar-refractivity contribution < 1.29 is 33.1 Å². The van der Waals surface area contributed by atoms with Crippen LogP contribution in [0.5, 0.6) is 5.75 Å². The van der Waals surface area contributed by atoms with Gasteiger partial charge in [0.15, 0.2) is 0 Å². The highest BCUT2D eigenvalue weighted by Gasteiger charge is 2.27. The molecule has 2 aromatic carbocycles. The number of fused-ring (bicyclic) bond motifs is 4. The number of furan rings is 1. The van der Waals surface area contributed by atoms with Crippen LogP contribution in [0.4, 0.5) is 11.9 Å². The van der Waals surface area contributed by atoms with E-state index in [0.29, 0.717) is 93.6 Å². The van der Waals surface area contributed by atoms with Gasteiger partial charge in [-0.15, -0.1) is 6.58 Å². The zero-order chi connectivity index (χ0) is 43.1. The summed E-state index contributed by atoms with van der Waals surface area (Å²) in [5, 5.41) is 15.4. The fraction of sp³-hybridized carbons (Fsp3) is 0.286. The molecule has 5 aromatic heterocycles. The molecule has 61 heavy (non-hydrogen) atoms. The fourth-order valence-electron chi connectivity index (χ4n) is 7.39. The summed E-state index contributed by atoms with van der Waals surface area (Å²) in [5.41, 5.74) is 16.0. The molecular formula is C42H44N12O7. The SMILES string of the molecule is C=CCn1nc(C)cc1C(=O)Nc1nc2cc(C(N)=O)c3oc(C)cc3c2n1C/C=C/Cn1c(NC(=O)c2cc(C)nn2CCC)nc2cc(C(N)=O)cc(OC3COC3)c21. The Hall–Kier alpha value is -7.54. The maximum absolute atomic E-state index is 13.9. The minimum atomic E-state index is -0.693. The number of nitrogens with one attached hydrogen (secondary N) is 2. The number of amides is 4. The number of carbonyl (C=O) groups excluding carboxylic acids is 4. The van der Waals surface area contributed by atoms with Crippen molar-refractivity contribution in [3.63, 3.8) is 0 Å². The highest BCUT2D eigenvalue weighted by molar-refractivity contribution is 6.14. The number of hydrogen-bond donors (Lipinski definition) is 4. The molecule has 314 valence electrons. The van der Waals surface area contributed by atoms with E-state index in [1.54, 1.807) is 74.8 Å². The smallest absolute Gasteiger partial charge is 0.276 e. The van der Waals surface area contributed by atoms with Crippen molar-refractivity contribution >= 4 is 68.6 Å². The van der Waals surface area contributed by atoms with E-state index in [-0.39, 0.29) is 42.2 Å². The lowest BCUT2D eigenvalue weighted by molar-refractivity contribution is -0.0792. The van der Waals surface area contributed by atoms with E-state index >= 15 is 0 Å². The highest BCUT2D eigenvalue weighted by Crippen LogP contribution is 2.35. The summed E-state index contributed by atoms with van der Waals surface area (Å²) in [6.45, 7) is 13.0. The van der Waals surface area contributed by atoms with Gasteiger partial charge in [0.1, 0.15) is 40.1 Å². The third-order valence-electron chi connectivity index (χ3n) is 10.1. The summed E-state index contributed by atoms with van der Waals surface area (Å²) in [6.07, 6.45) is 5.86. The third-order valence-corrected chi connectivity index (χ3v) is 10.1. The van der Waals surface area contributed by atoms with Gasteiger partial charge in [-0.2, -0.15) is 10.2 Å². The van der Waals surface area contributed by atoms with Gasteiger partial charge in [0, 0.05) is 30.6 Å². The molecule has 19 nitrogen and oxygen atoms in total. The molecule has 0 unspecified atom stereocenters. The van der Waals surface area contributed by atoms with Crippen LogP contribution >= 0.6 is 0 Å². The summed E-state index contributed by atoms with van der Waals surface area (Å²) in [5.74, 6) is -0.992. The van der Waals surface area contributed by atoms with Gasteiger partial charge in [0.2, 0.25) is 17.8 Å². The number of benzene rings is 2. The molecule has 0 spiro atoms. The quantitative estimate of drug-likeness (QED) is 0.0965. The number of primary amides is 2. The number of carbonyl (C=O) groups is 4. The van der Waals surface area contributed by atoms with Crippen LogP contribution in [-0.2, 0) is 30.9 Å². The van der Waals surface area contributed by atoms with Crippen molar-refractivity contribution in [3.05, 3.63) is 101 Å². The van der Waals surface area contributed by atoms with E-state index in [9.17, 15) is 19.2 Å². The maximum atomic E-state index is 13.9. The summed E-state index contributed by atoms with van der Waals surface area (Å²) in [6, 6.07) is 9.82. The molecule has 8 rings (SSSR count). The Morgan fingerprint density at radius 3 is 2.00 bits per heavy atom. The predicted molar refractivity (Wildman–Crippen MR) is 226 cm³/mol. The lowest BCUT2D eigenvalue weighted by atomic mass is 10.1. The van der Waals surface area contributed by atoms with Gasteiger partial charge < -0.3 is 34.5 Å². The summed E-state index contributed by atoms with van der Waals surface area (Å²) in [7, 11) is 0. The fourth-order valence-corrected chi connectivity index (χ4v) is 7.39. The van der Waals surface area contributed by atoms with Crippen molar-refractivity contribution in [1.82, 2.24) is 38.7 Å². The first-order valence-electron chi connectivity index (χ1n) is 19.6. The maximum Gasteiger partial charge on any atom is 0.276 e. The molecule has 1 aliphatic rings. The lowest BCUT2D eigenvalue weighted by Gasteiger charge is -2.27. The molecule has 0 bridgehead atoms. The Morgan fingerprint density at radius 2 is 1.43 bits per heavy atom. The van der Waals surface area contributed by atoms with Gasteiger partial charge >= 0.3 is 0 Å². The zero-order valence-corrected chi connectivity index (χ0v) is 34.0. The van der Waals surface area contributed by atoms with Crippen LogP contribution < -0.4 is 26.8 Å². The molecule has 6 heterocycles. The number of nitrogens with zero attached hydrogens (tertiary/aromatic N) is 8. The van der Waals surface area contributed by atoms with Gasteiger partial charge in [0.25, 0.3) is 17.7 Å². The van der Waals surface area contributed by atoms with Gasteiger partial charge in [-0.05, 0) is 63.6 Å². The standard InChI is InChI=1S/C42H44N12O7/c1-6-10-53-31(14-22(3)49-53)39(57)47-41-46-30-19-28(38(44)56)36-27(16-24(5)60-36)34(30)51(41)12-8-9-13-52-35-29(17-25(37(43)55)18-33(35)61-26-20-59-21-26)45-42(52)48-40(58)32-15-23(4)50-54(32)11-7-2/h6,8-9,14-19,26H,1,7,10-13,20-21H2,2-5H3,(H2,43,55)(H2,44,56)(H,45,48,58)(H,46,47,57)/b9-8+. The Kier molecular flexibility index (Phi) is 10.7. The molecule has 0 atom stereocenters. The lowest BCUT2D eigenvalue weighted by Crippen LogP contribution is -2.38. The molecular weight excluding hydrogens is 785 g/mol. The van der Waals surface area contributed by atoms with Crippen molar-refractivity contribution in [3.8, 4) is 5.75 Å². The minimum absolute atomic E-state index is 0.147. The van der Waals surface area contributed by atoms with Gasteiger partial charge in [0.05, 0.1) is 53.3 Å². The first-order chi connectivity index (χ1) is 29.3. The molecule has 6 N–H and O–H groups in total. The second kappa shape index (κ2) is 16.3. The number of imidazole rings is 2. The number of rotatable bonds is 16. The van der Waals surface area contributed by atoms with Crippen molar-refractivity contribution in [2.75, 3.05) is 23.8 Å². The Balaban J connectivity index is 1.20. The van der Waals surface area contributed by atoms with E-state index in [0.717, 1.165) is 6.42 Å². The largest absolute Gasteiger partial charge is 0.483 e. The topological polar surface area (TPSA) is 247 Å². The summed E-state index contributed by atoms with van der Waals surface area (Å²) < 4.78 is 24.4. The number of aryl methyl sites for hydroxylation is 4. The normalized spacial score (nSPS) is 13.0. The van der Waals surface area contributed by atoms with Crippen LogP contribution in [0.1, 0.15) is 72.2 Å². The molecule has 1 aliphatic heterocycles. The predicted octanol–water partition coefficient (Wildman–Crippen LogP) is 4.78. The number of ether oxygens (including phenoxy) is 2. The Morgan fingerprint density at radius 1 is 0.820 bits per heavy atom. The van der Waals surface area contributed by atoms with Crippen LogP contribution in [0.15, 0.2) is 65.6 Å². The number of aromatic nitrogens is 8. The molecule has 0 aliphatic carbocycles. The molecule has 0 saturated carbocycles. The van der Waals surface area contributed by atoms with Crippen LogP contribution in [0.25, 0.3) is 33.0 Å².